The predicted molar refractivity (Wildman–Crippen MR) is 51.6 cm³/mol. The van der Waals surface area contributed by atoms with Crippen molar-refractivity contribution in [2.24, 2.45) is 0 Å². The van der Waals surface area contributed by atoms with Gasteiger partial charge in [0, 0.05) is 5.56 Å². The third kappa shape index (κ3) is 1.63. The van der Waals surface area contributed by atoms with E-state index in [0.29, 0.717) is 16.9 Å². The van der Waals surface area contributed by atoms with Crippen LogP contribution in [0, 0.1) is 12.7 Å². The van der Waals surface area contributed by atoms with Gasteiger partial charge in [-0.1, -0.05) is 12.1 Å². The quantitative estimate of drug-likeness (QED) is 0.722. The smallest absolute Gasteiger partial charge is 0.292 e. The van der Waals surface area contributed by atoms with Crippen molar-refractivity contribution in [1.82, 2.24) is 4.98 Å². The van der Waals surface area contributed by atoms with E-state index in [1.165, 1.54) is 12.3 Å². The average Bonchev–Trinajstić information content (AvgIpc) is 2.57. The van der Waals surface area contributed by atoms with Gasteiger partial charge in [0.1, 0.15) is 5.82 Å². The van der Waals surface area contributed by atoms with Crippen molar-refractivity contribution in [3.8, 4) is 11.3 Å². The molecule has 0 bridgehead atoms. The number of oxazole rings is 1. The van der Waals surface area contributed by atoms with Gasteiger partial charge in [0.05, 0.1) is 6.20 Å². The molecule has 0 aliphatic rings. The second-order valence-electron chi connectivity index (χ2n) is 2.94. The van der Waals surface area contributed by atoms with Gasteiger partial charge in [-0.15, -0.1) is 0 Å². The van der Waals surface area contributed by atoms with E-state index in [2.05, 4.69) is 4.98 Å². The molecule has 0 saturated heterocycles. The lowest BCUT2D eigenvalue weighted by atomic mass is 10.1. The molecule has 1 aromatic carbocycles. The van der Waals surface area contributed by atoms with E-state index in [9.17, 15) is 4.39 Å². The Balaban J connectivity index is 2.47. The highest BCUT2D eigenvalue weighted by molar-refractivity contribution is 6.27. The predicted octanol–water partition coefficient (Wildman–Crippen LogP) is 3.44. The van der Waals surface area contributed by atoms with Gasteiger partial charge in [0.2, 0.25) is 0 Å². The van der Waals surface area contributed by atoms with Gasteiger partial charge in [-0.3, -0.25) is 0 Å². The van der Waals surface area contributed by atoms with Crippen LogP contribution in [0.25, 0.3) is 11.3 Å². The Bertz CT molecular complexity index is 467. The third-order valence-corrected chi connectivity index (χ3v) is 2.11. The normalized spacial score (nSPS) is 10.5. The molecule has 0 spiro atoms. The number of rotatable bonds is 1. The minimum absolute atomic E-state index is 0.0565. The van der Waals surface area contributed by atoms with Crippen LogP contribution in [0.1, 0.15) is 5.56 Å². The minimum atomic E-state index is -0.268. The Morgan fingerprint density at radius 2 is 2.21 bits per heavy atom. The molecule has 0 aliphatic carbocycles. The summed E-state index contributed by atoms with van der Waals surface area (Å²) in [5, 5.41) is 0.0565. The zero-order valence-electron chi connectivity index (χ0n) is 7.42. The molecule has 2 nitrogen and oxygen atoms in total. The molecule has 4 heteroatoms. The largest absolute Gasteiger partial charge is 0.428 e. The summed E-state index contributed by atoms with van der Waals surface area (Å²) in [5.41, 5.74) is 1.23. The fraction of sp³-hybridized carbons (Fsp3) is 0.100. The number of aromatic nitrogens is 1. The summed E-state index contributed by atoms with van der Waals surface area (Å²) in [5.74, 6) is 0.198. The van der Waals surface area contributed by atoms with Crippen molar-refractivity contribution in [3.63, 3.8) is 0 Å². The molecule has 0 atom stereocenters. The first-order chi connectivity index (χ1) is 6.66. The SMILES string of the molecule is Cc1ccc(-c2cnc(Cl)o2)cc1F. The maximum absolute atomic E-state index is 13.2. The van der Waals surface area contributed by atoms with Gasteiger partial charge in [-0.2, -0.15) is 0 Å². The molecule has 0 N–H and O–H groups in total. The number of hydrogen-bond acceptors (Lipinski definition) is 2. The fourth-order valence-corrected chi connectivity index (χ4v) is 1.26. The van der Waals surface area contributed by atoms with Crippen molar-refractivity contribution in [2.75, 3.05) is 0 Å². The molecule has 2 aromatic rings. The second-order valence-corrected chi connectivity index (χ2v) is 3.26. The van der Waals surface area contributed by atoms with Crippen LogP contribution in [0.5, 0.6) is 0 Å². The molecule has 14 heavy (non-hydrogen) atoms. The van der Waals surface area contributed by atoms with Gasteiger partial charge in [0.25, 0.3) is 5.35 Å². The van der Waals surface area contributed by atoms with E-state index in [0.717, 1.165) is 0 Å². The van der Waals surface area contributed by atoms with E-state index in [4.69, 9.17) is 16.0 Å². The second kappa shape index (κ2) is 3.42. The van der Waals surface area contributed by atoms with Crippen LogP contribution in [0.4, 0.5) is 4.39 Å². The van der Waals surface area contributed by atoms with Crippen molar-refractivity contribution < 1.29 is 8.81 Å². The summed E-state index contributed by atoms with van der Waals surface area (Å²) >= 11 is 5.51. The monoisotopic (exact) mass is 211 g/mol. The highest BCUT2D eigenvalue weighted by Gasteiger charge is 2.06. The topological polar surface area (TPSA) is 26.0 Å². The number of halogens is 2. The summed E-state index contributed by atoms with van der Waals surface area (Å²) in [6.45, 7) is 1.70. The molecule has 0 radical (unpaired) electrons. The first-order valence-electron chi connectivity index (χ1n) is 4.04. The first-order valence-corrected chi connectivity index (χ1v) is 4.42. The minimum Gasteiger partial charge on any atom is -0.428 e. The number of hydrogen-bond donors (Lipinski definition) is 0. The van der Waals surface area contributed by atoms with Crippen LogP contribution in [0.3, 0.4) is 0 Å². The van der Waals surface area contributed by atoms with Crippen LogP contribution in [-0.2, 0) is 0 Å². The van der Waals surface area contributed by atoms with Crippen LogP contribution < -0.4 is 0 Å². The highest BCUT2D eigenvalue weighted by atomic mass is 35.5. The summed E-state index contributed by atoms with van der Waals surface area (Å²) in [6, 6.07) is 4.84. The lowest BCUT2D eigenvalue weighted by Gasteiger charge is -1.98. The lowest BCUT2D eigenvalue weighted by molar-refractivity contribution is 0.572. The molecule has 0 aliphatic heterocycles. The molecule has 72 valence electrons. The molecule has 1 heterocycles. The lowest BCUT2D eigenvalue weighted by Crippen LogP contribution is -1.82. The summed E-state index contributed by atoms with van der Waals surface area (Å²) in [7, 11) is 0. The van der Waals surface area contributed by atoms with Crippen LogP contribution in [-0.4, -0.2) is 4.98 Å². The summed E-state index contributed by atoms with van der Waals surface area (Å²) < 4.78 is 18.2. The van der Waals surface area contributed by atoms with Crippen molar-refractivity contribution >= 4 is 11.6 Å². The van der Waals surface area contributed by atoms with Crippen molar-refractivity contribution in [3.05, 3.63) is 41.1 Å². The zero-order chi connectivity index (χ0) is 10.1. The Morgan fingerprint density at radius 1 is 1.43 bits per heavy atom. The van der Waals surface area contributed by atoms with Gasteiger partial charge >= 0.3 is 0 Å². The molecule has 0 unspecified atom stereocenters. The van der Waals surface area contributed by atoms with Crippen LogP contribution in [0.15, 0.2) is 28.8 Å². The van der Waals surface area contributed by atoms with E-state index in [-0.39, 0.29) is 11.2 Å². The van der Waals surface area contributed by atoms with E-state index >= 15 is 0 Å². The van der Waals surface area contributed by atoms with Crippen molar-refractivity contribution in [1.29, 1.82) is 0 Å². The number of aryl methyl sites for hydroxylation is 1. The number of nitrogens with zero attached hydrogens (tertiary/aromatic N) is 1. The average molecular weight is 212 g/mol. The maximum atomic E-state index is 13.2. The zero-order valence-corrected chi connectivity index (χ0v) is 8.18. The Kier molecular flexibility index (Phi) is 2.25. The number of benzene rings is 1. The Morgan fingerprint density at radius 3 is 2.79 bits per heavy atom. The molecule has 0 amide bonds. The molecular formula is C10H7ClFNO. The van der Waals surface area contributed by atoms with E-state index < -0.39 is 0 Å². The molecule has 1 aromatic heterocycles. The maximum Gasteiger partial charge on any atom is 0.292 e. The van der Waals surface area contributed by atoms with E-state index in [1.807, 2.05) is 0 Å². The standard InChI is InChI=1S/C10H7ClFNO/c1-6-2-3-7(4-8(6)12)9-5-13-10(11)14-9/h2-5H,1H3. The fourth-order valence-electron chi connectivity index (χ4n) is 1.13. The molecule has 0 fully saturated rings. The van der Waals surface area contributed by atoms with Gasteiger partial charge < -0.3 is 4.42 Å². The Hall–Kier alpha value is -1.35. The van der Waals surface area contributed by atoms with E-state index in [1.54, 1.807) is 19.1 Å². The Labute approximate surface area is 85.3 Å². The summed E-state index contributed by atoms with van der Waals surface area (Å²) in [6.07, 6.45) is 1.46. The first kappa shape index (κ1) is 9.21. The van der Waals surface area contributed by atoms with Crippen LogP contribution in [0.2, 0.25) is 5.35 Å². The molecule has 0 saturated carbocycles. The van der Waals surface area contributed by atoms with Gasteiger partial charge in [-0.05, 0) is 30.2 Å². The summed E-state index contributed by atoms with van der Waals surface area (Å²) in [4.78, 5) is 3.72. The highest BCUT2D eigenvalue weighted by Crippen LogP contribution is 2.23. The molecule has 2 rings (SSSR count). The molecular weight excluding hydrogens is 205 g/mol. The van der Waals surface area contributed by atoms with Crippen LogP contribution >= 0.6 is 11.6 Å². The third-order valence-electron chi connectivity index (χ3n) is 1.93. The van der Waals surface area contributed by atoms with Gasteiger partial charge in [0.15, 0.2) is 5.76 Å². The van der Waals surface area contributed by atoms with Crippen molar-refractivity contribution in [2.45, 2.75) is 6.92 Å². The van der Waals surface area contributed by atoms with Gasteiger partial charge in [-0.25, -0.2) is 9.37 Å².